The standard InChI is InChI=1S/C16H23BrN4O2/c1-16(2,3)23-15(22)20-5-4-11-8-21(10-12(11)9-20)14-7-18-13(17)6-19-14/h6-7,11-12H,4-5,8-10H2,1-3H3/t11-,12+/m1/s1. The maximum atomic E-state index is 12.3. The molecule has 6 nitrogen and oxygen atoms in total. The van der Waals surface area contributed by atoms with E-state index in [1.807, 2.05) is 25.7 Å². The minimum atomic E-state index is -0.442. The van der Waals surface area contributed by atoms with E-state index >= 15 is 0 Å². The Balaban J connectivity index is 1.61. The highest BCUT2D eigenvalue weighted by Gasteiger charge is 2.39. The Morgan fingerprint density at radius 1 is 1.22 bits per heavy atom. The van der Waals surface area contributed by atoms with Crippen molar-refractivity contribution in [2.45, 2.75) is 32.8 Å². The lowest BCUT2D eigenvalue weighted by molar-refractivity contribution is 0.0140. The predicted molar refractivity (Wildman–Crippen MR) is 91.3 cm³/mol. The first kappa shape index (κ1) is 16.5. The zero-order valence-corrected chi connectivity index (χ0v) is 15.4. The predicted octanol–water partition coefficient (Wildman–Crippen LogP) is 2.93. The Bertz CT molecular complexity index is 572. The molecule has 2 aliphatic heterocycles. The summed E-state index contributed by atoms with van der Waals surface area (Å²) in [6.07, 6.45) is 4.35. The molecule has 23 heavy (non-hydrogen) atoms. The van der Waals surface area contributed by atoms with E-state index < -0.39 is 5.60 Å². The molecule has 2 fully saturated rings. The third-order valence-electron chi connectivity index (χ3n) is 4.38. The van der Waals surface area contributed by atoms with Crippen LogP contribution >= 0.6 is 15.9 Å². The minimum Gasteiger partial charge on any atom is -0.444 e. The number of amides is 1. The van der Waals surface area contributed by atoms with Crippen LogP contribution in [0.3, 0.4) is 0 Å². The van der Waals surface area contributed by atoms with Crippen LogP contribution in [0.4, 0.5) is 10.6 Å². The quantitative estimate of drug-likeness (QED) is 0.747. The second-order valence-corrected chi connectivity index (χ2v) is 8.15. The smallest absolute Gasteiger partial charge is 0.410 e. The van der Waals surface area contributed by atoms with Crippen molar-refractivity contribution in [2.24, 2.45) is 11.8 Å². The summed E-state index contributed by atoms with van der Waals surface area (Å²) in [5, 5.41) is 0. The number of hydrogen-bond acceptors (Lipinski definition) is 5. The lowest BCUT2D eigenvalue weighted by Crippen LogP contribution is -2.45. The number of ether oxygens (including phenoxy) is 1. The van der Waals surface area contributed by atoms with Crippen molar-refractivity contribution < 1.29 is 9.53 Å². The third-order valence-corrected chi connectivity index (χ3v) is 4.79. The molecule has 126 valence electrons. The highest BCUT2D eigenvalue weighted by molar-refractivity contribution is 9.10. The molecule has 1 aromatic rings. The van der Waals surface area contributed by atoms with Crippen molar-refractivity contribution in [1.29, 1.82) is 0 Å². The van der Waals surface area contributed by atoms with Crippen molar-refractivity contribution in [1.82, 2.24) is 14.9 Å². The maximum absolute atomic E-state index is 12.3. The number of piperidine rings is 1. The van der Waals surface area contributed by atoms with E-state index in [0.717, 1.165) is 43.0 Å². The molecular weight excluding hydrogens is 360 g/mol. The van der Waals surface area contributed by atoms with Gasteiger partial charge in [0.05, 0.1) is 12.4 Å². The average Bonchev–Trinajstić information content (AvgIpc) is 2.89. The molecule has 0 aromatic carbocycles. The van der Waals surface area contributed by atoms with Gasteiger partial charge in [0, 0.05) is 26.2 Å². The second-order valence-electron chi connectivity index (χ2n) is 7.34. The van der Waals surface area contributed by atoms with Gasteiger partial charge in [-0.3, -0.25) is 0 Å². The van der Waals surface area contributed by atoms with Gasteiger partial charge in [0.1, 0.15) is 16.0 Å². The van der Waals surface area contributed by atoms with Gasteiger partial charge in [-0.1, -0.05) is 0 Å². The minimum absolute atomic E-state index is 0.196. The highest BCUT2D eigenvalue weighted by Crippen LogP contribution is 2.33. The largest absolute Gasteiger partial charge is 0.444 e. The normalized spacial score (nSPS) is 24.5. The van der Waals surface area contributed by atoms with Gasteiger partial charge in [-0.25, -0.2) is 14.8 Å². The molecule has 3 heterocycles. The lowest BCUT2D eigenvalue weighted by atomic mass is 9.89. The van der Waals surface area contributed by atoms with Gasteiger partial charge in [-0.05, 0) is 55.0 Å². The van der Waals surface area contributed by atoms with Gasteiger partial charge in [0.25, 0.3) is 0 Å². The van der Waals surface area contributed by atoms with Gasteiger partial charge in [-0.2, -0.15) is 0 Å². The molecular formula is C16H23BrN4O2. The zero-order valence-electron chi connectivity index (χ0n) is 13.8. The summed E-state index contributed by atoms with van der Waals surface area (Å²) in [6, 6.07) is 0. The monoisotopic (exact) mass is 382 g/mol. The van der Waals surface area contributed by atoms with Crippen LogP contribution in [0.2, 0.25) is 0 Å². The van der Waals surface area contributed by atoms with Gasteiger partial charge >= 0.3 is 6.09 Å². The number of carbonyl (C=O) groups excluding carboxylic acids is 1. The summed E-state index contributed by atoms with van der Waals surface area (Å²) < 4.78 is 6.24. The molecule has 2 saturated heterocycles. The van der Waals surface area contributed by atoms with Crippen LogP contribution < -0.4 is 4.90 Å². The van der Waals surface area contributed by atoms with Gasteiger partial charge < -0.3 is 14.5 Å². The van der Waals surface area contributed by atoms with E-state index in [4.69, 9.17) is 4.74 Å². The third kappa shape index (κ3) is 3.94. The van der Waals surface area contributed by atoms with Crippen molar-refractivity contribution >= 4 is 27.8 Å². The van der Waals surface area contributed by atoms with E-state index in [9.17, 15) is 4.79 Å². The fourth-order valence-electron chi connectivity index (χ4n) is 3.32. The summed E-state index contributed by atoms with van der Waals surface area (Å²) in [5.74, 6) is 1.99. The Hall–Kier alpha value is -1.37. The summed E-state index contributed by atoms with van der Waals surface area (Å²) >= 11 is 3.31. The molecule has 0 spiro atoms. The SMILES string of the molecule is CC(C)(C)OC(=O)N1CC[C@@H]2CN(c3cnc(Br)cn3)C[C@@H]2C1. The number of aromatic nitrogens is 2. The van der Waals surface area contributed by atoms with Crippen LogP contribution in [0.25, 0.3) is 0 Å². The number of carbonyl (C=O) groups is 1. The van der Waals surface area contributed by atoms with E-state index in [1.165, 1.54) is 0 Å². The van der Waals surface area contributed by atoms with Crippen molar-refractivity contribution in [3.05, 3.63) is 17.0 Å². The van der Waals surface area contributed by atoms with Crippen molar-refractivity contribution in [3.63, 3.8) is 0 Å². The molecule has 0 aliphatic carbocycles. The molecule has 2 atom stereocenters. The molecule has 0 bridgehead atoms. The van der Waals surface area contributed by atoms with E-state index in [2.05, 4.69) is 30.8 Å². The highest BCUT2D eigenvalue weighted by atomic mass is 79.9. The summed E-state index contributed by atoms with van der Waals surface area (Å²) in [5.41, 5.74) is -0.442. The van der Waals surface area contributed by atoms with Crippen molar-refractivity contribution in [3.8, 4) is 0 Å². The molecule has 7 heteroatoms. The zero-order chi connectivity index (χ0) is 16.6. The van der Waals surface area contributed by atoms with Crippen LogP contribution in [-0.2, 0) is 4.74 Å². The number of nitrogens with zero attached hydrogens (tertiary/aromatic N) is 4. The summed E-state index contributed by atoms with van der Waals surface area (Å²) in [7, 11) is 0. The average molecular weight is 383 g/mol. The Morgan fingerprint density at radius 3 is 2.61 bits per heavy atom. The molecule has 3 rings (SSSR count). The van der Waals surface area contributed by atoms with Gasteiger partial charge in [-0.15, -0.1) is 0 Å². The Labute approximate surface area is 145 Å². The van der Waals surface area contributed by atoms with E-state index in [-0.39, 0.29) is 6.09 Å². The molecule has 1 amide bonds. The van der Waals surface area contributed by atoms with Crippen LogP contribution in [0.15, 0.2) is 17.0 Å². The first-order chi connectivity index (χ1) is 10.8. The van der Waals surface area contributed by atoms with E-state index in [0.29, 0.717) is 11.8 Å². The molecule has 1 aromatic heterocycles. The number of halogens is 1. The fraction of sp³-hybridized carbons (Fsp3) is 0.688. The van der Waals surface area contributed by atoms with Gasteiger partial charge in [0.15, 0.2) is 0 Å². The summed E-state index contributed by atoms with van der Waals surface area (Å²) in [6.45, 7) is 9.16. The first-order valence-electron chi connectivity index (χ1n) is 8.02. The molecule has 0 N–H and O–H groups in total. The van der Waals surface area contributed by atoms with Crippen molar-refractivity contribution in [2.75, 3.05) is 31.1 Å². The van der Waals surface area contributed by atoms with Crippen LogP contribution in [-0.4, -0.2) is 52.7 Å². The number of anilines is 1. The molecule has 2 aliphatic rings. The number of hydrogen-bond donors (Lipinski definition) is 0. The molecule has 0 unspecified atom stereocenters. The number of rotatable bonds is 1. The summed E-state index contributed by atoms with van der Waals surface area (Å²) in [4.78, 5) is 25.1. The number of fused-ring (bicyclic) bond motifs is 1. The second kappa shape index (κ2) is 6.26. The Kier molecular flexibility index (Phi) is 4.49. The van der Waals surface area contributed by atoms with Crippen LogP contribution in [0, 0.1) is 11.8 Å². The van der Waals surface area contributed by atoms with E-state index in [1.54, 1.807) is 12.4 Å². The van der Waals surface area contributed by atoms with Crippen LogP contribution in [0.5, 0.6) is 0 Å². The topological polar surface area (TPSA) is 58.6 Å². The van der Waals surface area contributed by atoms with Crippen LogP contribution in [0.1, 0.15) is 27.2 Å². The maximum Gasteiger partial charge on any atom is 0.410 e. The number of likely N-dealkylation sites (tertiary alicyclic amines) is 1. The molecule has 0 saturated carbocycles. The van der Waals surface area contributed by atoms with Gasteiger partial charge in [0.2, 0.25) is 0 Å². The Morgan fingerprint density at radius 2 is 1.96 bits per heavy atom. The fourth-order valence-corrected chi connectivity index (χ4v) is 3.52. The lowest BCUT2D eigenvalue weighted by Gasteiger charge is -2.35. The molecule has 0 radical (unpaired) electrons. The first-order valence-corrected chi connectivity index (χ1v) is 8.81.